The molecule has 1 amide bonds. The third kappa shape index (κ3) is 5.79. The molecule has 1 unspecified atom stereocenters. The van der Waals surface area contributed by atoms with Gasteiger partial charge in [0.05, 0.1) is 12.2 Å². The van der Waals surface area contributed by atoms with Crippen LogP contribution in [0.2, 0.25) is 0 Å². The van der Waals surface area contributed by atoms with Crippen LogP contribution in [0.25, 0.3) is 5.65 Å². The molecule has 0 radical (unpaired) electrons. The summed E-state index contributed by atoms with van der Waals surface area (Å²) in [5.74, 6) is -0.609. The smallest absolute Gasteiger partial charge is 0.407 e. The minimum Gasteiger partial charge on any atom is -0.490 e. The van der Waals surface area contributed by atoms with Gasteiger partial charge in [0.15, 0.2) is 5.65 Å². The highest BCUT2D eigenvalue weighted by Crippen LogP contribution is 2.33. The number of rotatable bonds is 7. The van der Waals surface area contributed by atoms with Crippen molar-refractivity contribution in [1.82, 2.24) is 19.9 Å². The zero-order chi connectivity index (χ0) is 25.3. The molecule has 0 aliphatic heterocycles. The molecule has 1 fully saturated rings. The van der Waals surface area contributed by atoms with Gasteiger partial charge in [-0.15, -0.1) is 0 Å². The van der Waals surface area contributed by atoms with E-state index < -0.39 is 29.5 Å². The van der Waals surface area contributed by atoms with Crippen molar-refractivity contribution in [3.8, 4) is 5.75 Å². The second-order valence-corrected chi connectivity index (χ2v) is 9.55. The van der Waals surface area contributed by atoms with E-state index in [-0.39, 0.29) is 23.4 Å². The number of anilines is 1. The molecular weight excluding hydrogens is 457 g/mol. The van der Waals surface area contributed by atoms with E-state index in [0.717, 1.165) is 0 Å². The first-order valence-electron chi connectivity index (χ1n) is 11.3. The number of benzene rings is 1. The molecule has 186 valence electrons. The van der Waals surface area contributed by atoms with E-state index in [1.165, 1.54) is 22.8 Å². The molecule has 3 N–H and O–H groups in total. The first kappa shape index (κ1) is 24.2. The Bertz CT molecular complexity index is 1250. The molecule has 2 aromatic heterocycles. The topological polar surface area (TPSA) is 127 Å². The molecule has 4 rings (SSSR count). The molecule has 35 heavy (non-hydrogen) atoms. The Morgan fingerprint density at radius 2 is 2.00 bits per heavy atom. The fraction of sp³-hybridized carbons (Fsp3) is 0.417. The van der Waals surface area contributed by atoms with E-state index in [0.29, 0.717) is 30.0 Å². The Balaban J connectivity index is 1.42. The van der Waals surface area contributed by atoms with Crippen LogP contribution < -0.4 is 15.4 Å². The molecule has 0 spiro atoms. The number of hydrogen-bond acceptors (Lipinski definition) is 7. The van der Waals surface area contributed by atoms with Crippen LogP contribution in [-0.4, -0.2) is 49.5 Å². The van der Waals surface area contributed by atoms with Crippen LogP contribution in [0.15, 0.2) is 36.7 Å². The summed E-state index contributed by atoms with van der Waals surface area (Å²) >= 11 is 0. The molecule has 3 aromatic rings. The average Bonchev–Trinajstić information content (AvgIpc) is 3.15. The van der Waals surface area contributed by atoms with Crippen LogP contribution in [0, 0.1) is 5.82 Å². The minimum absolute atomic E-state index is 0.0180. The highest BCUT2D eigenvalue weighted by atomic mass is 19.1. The van der Waals surface area contributed by atoms with Gasteiger partial charge in [0, 0.05) is 30.6 Å². The predicted octanol–water partition coefficient (Wildman–Crippen LogP) is 4.17. The van der Waals surface area contributed by atoms with Crippen molar-refractivity contribution >= 4 is 23.5 Å². The van der Waals surface area contributed by atoms with Gasteiger partial charge in [-0.25, -0.2) is 23.5 Å². The van der Waals surface area contributed by atoms with Crippen molar-refractivity contribution in [3.63, 3.8) is 0 Å². The van der Waals surface area contributed by atoms with Gasteiger partial charge >= 0.3 is 12.1 Å². The third-order valence-electron chi connectivity index (χ3n) is 5.51. The first-order chi connectivity index (χ1) is 16.5. The standard InChI is InChI=1S/C24H28FN5O5/c1-13(27-20-7-8-30-21(29-20)18(12-26-30)22(31)32)17-9-14(25)5-6-19(17)34-16-10-15(11-16)28-23(33)35-24(2,3)4/h5-9,12-13,15-16H,10-11H2,1-4H3,(H,27,29)(H,28,33)(H,31,32). The third-order valence-corrected chi connectivity index (χ3v) is 5.51. The van der Waals surface area contributed by atoms with E-state index in [1.807, 2.05) is 6.92 Å². The Hall–Kier alpha value is -3.89. The molecule has 1 aliphatic rings. The van der Waals surface area contributed by atoms with Crippen molar-refractivity contribution in [1.29, 1.82) is 0 Å². The number of aromatic nitrogens is 3. The minimum atomic E-state index is -1.13. The van der Waals surface area contributed by atoms with E-state index >= 15 is 0 Å². The zero-order valence-corrected chi connectivity index (χ0v) is 19.9. The number of ether oxygens (including phenoxy) is 2. The number of carboxylic acids is 1. The lowest BCUT2D eigenvalue weighted by Gasteiger charge is -2.36. The fourth-order valence-corrected chi connectivity index (χ4v) is 3.80. The van der Waals surface area contributed by atoms with Gasteiger partial charge in [-0.05, 0) is 52.0 Å². The monoisotopic (exact) mass is 485 g/mol. The van der Waals surface area contributed by atoms with Crippen LogP contribution >= 0.6 is 0 Å². The van der Waals surface area contributed by atoms with Crippen molar-refractivity contribution in [2.24, 2.45) is 0 Å². The zero-order valence-electron chi connectivity index (χ0n) is 19.9. The highest BCUT2D eigenvalue weighted by Gasteiger charge is 2.34. The quantitative estimate of drug-likeness (QED) is 0.455. The maximum Gasteiger partial charge on any atom is 0.407 e. The fourth-order valence-electron chi connectivity index (χ4n) is 3.80. The molecule has 1 saturated carbocycles. The summed E-state index contributed by atoms with van der Waals surface area (Å²) in [6.07, 6.45) is 3.45. The number of nitrogens with one attached hydrogen (secondary N) is 2. The summed E-state index contributed by atoms with van der Waals surface area (Å²) in [4.78, 5) is 27.7. The van der Waals surface area contributed by atoms with Gasteiger partial charge in [0.1, 0.15) is 34.7 Å². The molecule has 11 heteroatoms. The number of nitrogens with zero attached hydrogens (tertiary/aromatic N) is 3. The van der Waals surface area contributed by atoms with Gasteiger partial charge in [-0.3, -0.25) is 0 Å². The summed E-state index contributed by atoms with van der Waals surface area (Å²) in [5.41, 5.74) is 0.198. The number of carbonyl (C=O) groups excluding carboxylic acids is 1. The largest absolute Gasteiger partial charge is 0.490 e. The second kappa shape index (κ2) is 9.40. The Morgan fingerprint density at radius 1 is 1.26 bits per heavy atom. The number of carbonyl (C=O) groups is 2. The van der Waals surface area contributed by atoms with Crippen LogP contribution in [0.5, 0.6) is 5.75 Å². The summed E-state index contributed by atoms with van der Waals surface area (Å²) in [5, 5.41) is 19.3. The Morgan fingerprint density at radius 3 is 2.69 bits per heavy atom. The van der Waals surface area contributed by atoms with Crippen molar-refractivity contribution in [2.75, 3.05) is 5.32 Å². The molecule has 1 atom stereocenters. The first-order valence-corrected chi connectivity index (χ1v) is 11.3. The van der Waals surface area contributed by atoms with Crippen molar-refractivity contribution in [3.05, 3.63) is 53.6 Å². The predicted molar refractivity (Wildman–Crippen MR) is 125 cm³/mol. The molecule has 0 bridgehead atoms. The maximum atomic E-state index is 14.1. The lowest BCUT2D eigenvalue weighted by Crippen LogP contribution is -2.50. The SMILES string of the molecule is CC(Nc1ccn2ncc(C(=O)O)c2n1)c1cc(F)ccc1OC1CC(NC(=O)OC(C)(C)C)C1. The number of aromatic carboxylic acids is 1. The average molecular weight is 486 g/mol. The molecule has 10 nitrogen and oxygen atoms in total. The number of hydrogen-bond donors (Lipinski definition) is 3. The lowest BCUT2D eigenvalue weighted by atomic mass is 9.89. The Kier molecular flexibility index (Phi) is 6.51. The van der Waals surface area contributed by atoms with Gasteiger partial charge in [0.2, 0.25) is 0 Å². The normalized spacial score (nSPS) is 18.4. The van der Waals surface area contributed by atoms with Gasteiger partial charge < -0.3 is 25.2 Å². The number of carboxylic acid groups (broad SMARTS) is 1. The number of amides is 1. The Labute approximate surface area is 201 Å². The molecular formula is C24H28FN5O5. The lowest BCUT2D eigenvalue weighted by molar-refractivity contribution is 0.0360. The summed E-state index contributed by atoms with van der Waals surface area (Å²) in [7, 11) is 0. The van der Waals surface area contributed by atoms with Crippen LogP contribution in [0.1, 0.15) is 62.5 Å². The van der Waals surface area contributed by atoms with Crippen LogP contribution in [-0.2, 0) is 4.74 Å². The van der Waals surface area contributed by atoms with Crippen LogP contribution in [0.4, 0.5) is 15.0 Å². The van der Waals surface area contributed by atoms with E-state index in [4.69, 9.17) is 9.47 Å². The summed E-state index contributed by atoms with van der Waals surface area (Å²) < 4.78 is 26.8. The maximum absolute atomic E-state index is 14.1. The van der Waals surface area contributed by atoms with Crippen LogP contribution in [0.3, 0.4) is 0 Å². The van der Waals surface area contributed by atoms with Gasteiger partial charge in [-0.2, -0.15) is 5.10 Å². The molecule has 1 aliphatic carbocycles. The number of alkyl carbamates (subject to hydrolysis) is 1. The van der Waals surface area contributed by atoms with Crippen molar-refractivity contribution < 1.29 is 28.6 Å². The van der Waals surface area contributed by atoms with E-state index in [2.05, 4.69) is 20.7 Å². The molecule has 1 aromatic carbocycles. The van der Waals surface area contributed by atoms with Gasteiger partial charge in [-0.1, -0.05) is 0 Å². The molecule has 2 heterocycles. The van der Waals surface area contributed by atoms with E-state index in [9.17, 15) is 19.1 Å². The van der Waals surface area contributed by atoms with Crippen molar-refractivity contribution in [2.45, 2.75) is 64.3 Å². The highest BCUT2D eigenvalue weighted by molar-refractivity contribution is 5.94. The van der Waals surface area contributed by atoms with Gasteiger partial charge in [0.25, 0.3) is 0 Å². The molecule has 0 saturated heterocycles. The number of fused-ring (bicyclic) bond motifs is 1. The number of halogens is 1. The second-order valence-electron chi connectivity index (χ2n) is 9.55. The van der Waals surface area contributed by atoms with E-state index in [1.54, 1.807) is 39.1 Å². The summed E-state index contributed by atoms with van der Waals surface area (Å²) in [6, 6.07) is 5.50. The summed E-state index contributed by atoms with van der Waals surface area (Å²) in [6.45, 7) is 7.24.